The number of aliphatic hydroxyl groups is 1. The van der Waals surface area contributed by atoms with Crippen LogP contribution in [0, 0.1) is 11.3 Å². The lowest BCUT2D eigenvalue weighted by molar-refractivity contribution is -0.140. The SMILES string of the molecule is C=CC(=O)N1CC(F)(CCC(CCNC=O)N/C(C)=C(\N)c2cc(OC(CO)c3ccccn3)c3c(C#N)cnn3c2)C1. The van der Waals surface area contributed by atoms with E-state index < -0.39 is 11.8 Å². The van der Waals surface area contributed by atoms with Crippen molar-refractivity contribution >= 4 is 23.5 Å². The van der Waals surface area contributed by atoms with Crippen molar-refractivity contribution < 1.29 is 23.8 Å². The van der Waals surface area contributed by atoms with Crippen LogP contribution in [0.4, 0.5) is 4.39 Å². The topological polar surface area (TPSA) is 171 Å². The lowest BCUT2D eigenvalue weighted by Crippen LogP contribution is -2.60. The number of likely N-dealkylation sites (tertiary alicyclic amines) is 1. The van der Waals surface area contributed by atoms with Gasteiger partial charge in [0.2, 0.25) is 12.3 Å². The smallest absolute Gasteiger partial charge is 0.246 e. The number of fused-ring (bicyclic) bond motifs is 1. The Hall–Kier alpha value is -4.96. The number of aliphatic hydroxyl groups excluding tert-OH is 1. The van der Waals surface area contributed by atoms with E-state index in [0.717, 1.165) is 0 Å². The van der Waals surface area contributed by atoms with Gasteiger partial charge in [0, 0.05) is 36.2 Å². The molecule has 0 bridgehead atoms. The molecular weight excluding hydrogens is 555 g/mol. The second-order valence-corrected chi connectivity index (χ2v) is 10.4. The van der Waals surface area contributed by atoms with Gasteiger partial charge in [-0.2, -0.15) is 10.4 Å². The van der Waals surface area contributed by atoms with E-state index in [2.05, 4.69) is 33.4 Å². The lowest BCUT2D eigenvalue weighted by atomic mass is 9.88. The van der Waals surface area contributed by atoms with Crippen LogP contribution in [0.25, 0.3) is 11.2 Å². The Kier molecular flexibility index (Phi) is 9.95. The summed E-state index contributed by atoms with van der Waals surface area (Å²) in [5, 5.41) is 30.0. The highest BCUT2D eigenvalue weighted by molar-refractivity contribution is 5.87. The number of hydrogen-bond donors (Lipinski definition) is 4. The van der Waals surface area contributed by atoms with Gasteiger partial charge in [-0.3, -0.25) is 14.6 Å². The Morgan fingerprint density at radius 1 is 1.40 bits per heavy atom. The average molecular weight is 591 g/mol. The minimum Gasteiger partial charge on any atom is -0.479 e. The molecule has 1 saturated heterocycles. The van der Waals surface area contributed by atoms with Crippen LogP contribution in [0.2, 0.25) is 0 Å². The number of rotatable bonds is 15. The van der Waals surface area contributed by atoms with Crippen molar-refractivity contribution in [2.45, 2.75) is 44.0 Å². The summed E-state index contributed by atoms with van der Waals surface area (Å²) in [7, 11) is 0. The fraction of sp³-hybridized carbons (Fsp3) is 0.367. The molecule has 3 aromatic heterocycles. The fourth-order valence-corrected chi connectivity index (χ4v) is 5.03. The zero-order valence-electron chi connectivity index (χ0n) is 23.9. The molecule has 4 heterocycles. The summed E-state index contributed by atoms with van der Waals surface area (Å²) in [5.41, 5.74) is 7.79. The Morgan fingerprint density at radius 3 is 2.84 bits per heavy atom. The number of hydrogen-bond acceptors (Lipinski definition) is 9. The van der Waals surface area contributed by atoms with E-state index in [1.807, 2.05) is 0 Å². The predicted octanol–water partition coefficient (Wildman–Crippen LogP) is 1.97. The third-order valence-electron chi connectivity index (χ3n) is 7.38. The van der Waals surface area contributed by atoms with Crippen LogP contribution in [0.1, 0.15) is 49.1 Å². The highest BCUT2D eigenvalue weighted by atomic mass is 19.1. The molecule has 1 aliphatic rings. The molecule has 0 aliphatic carbocycles. The molecule has 2 unspecified atom stereocenters. The molecule has 13 heteroatoms. The maximum Gasteiger partial charge on any atom is 0.246 e. The first kappa shape index (κ1) is 31.0. The van der Waals surface area contributed by atoms with Crippen molar-refractivity contribution in [3.8, 4) is 11.8 Å². The first-order valence-corrected chi connectivity index (χ1v) is 13.8. The largest absolute Gasteiger partial charge is 0.479 e. The van der Waals surface area contributed by atoms with Crippen LogP contribution in [-0.2, 0) is 9.59 Å². The van der Waals surface area contributed by atoms with Crippen molar-refractivity contribution in [3.63, 3.8) is 0 Å². The first-order chi connectivity index (χ1) is 20.7. The maximum atomic E-state index is 15.2. The minimum atomic E-state index is -1.49. The number of carbonyl (C=O) groups excluding carboxylic acids is 2. The van der Waals surface area contributed by atoms with Crippen LogP contribution in [-0.4, -0.2) is 74.9 Å². The molecule has 2 amide bonds. The highest BCUT2D eigenvalue weighted by Gasteiger charge is 2.44. The standard InChI is InChI=1S/C30H35FN8O4/c1-3-27(42)38-17-30(31,18-38)9-7-23(8-11-34-19-41)37-20(2)28(33)21-12-25(29-22(13-32)14-36-39(29)15-21)43-26(16-40)24-6-4-5-10-35-24/h3-6,10,12,14-15,19,23,26,37,40H,1,7-9,11,16-18,33H2,2H3,(H,34,41)/b28-20-. The third-order valence-corrected chi connectivity index (χ3v) is 7.38. The van der Waals surface area contributed by atoms with Crippen molar-refractivity contribution in [1.82, 2.24) is 30.1 Å². The predicted molar refractivity (Wildman–Crippen MR) is 157 cm³/mol. The first-order valence-electron chi connectivity index (χ1n) is 13.8. The maximum absolute atomic E-state index is 15.2. The van der Waals surface area contributed by atoms with Gasteiger partial charge in [0.25, 0.3) is 0 Å². The molecule has 12 nitrogen and oxygen atoms in total. The number of ether oxygens (including phenoxy) is 1. The van der Waals surface area contributed by atoms with Crippen molar-refractivity contribution in [3.05, 3.63) is 78.0 Å². The second-order valence-electron chi connectivity index (χ2n) is 10.4. The molecular formula is C30H35FN8O4. The number of carbonyl (C=O) groups is 2. The van der Waals surface area contributed by atoms with Gasteiger partial charge in [0.1, 0.15) is 28.6 Å². The van der Waals surface area contributed by atoms with Gasteiger partial charge in [-0.1, -0.05) is 12.6 Å². The van der Waals surface area contributed by atoms with Crippen LogP contribution in [0.15, 0.2) is 61.2 Å². The van der Waals surface area contributed by atoms with E-state index in [-0.39, 0.29) is 49.4 Å². The van der Waals surface area contributed by atoms with Gasteiger partial charge in [-0.25, -0.2) is 8.91 Å². The molecule has 0 aromatic carbocycles. The molecule has 1 fully saturated rings. The van der Waals surface area contributed by atoms with Crippen LogP contribution in [0.5, 0.6) is 5.75 Å². The monoisotopic (exact) mass is 590 g/mol. The molecule has 5 N–H and O–H groups in total. The fourth-order valence-electron chi connectivity index (χ4n) is 5.03. The molecule has 226 valence electrons. The molecule has 0 spiro atoms. The summed E-state index contributed by atoms with van der Waals surface area (Å²) in [6, 6.07) is 8.80. The molecule has 0 radical (unpaired) electrons. The number of amides is 2. The quantitative estimate of drug-likeness (QED) is 0.117. The van der Waals surface area contributed by atoms with Gasteiger partial charge in [-0.15, -0.1) is 0 Å². The second kappa shape index (κ2) is 13.8. The zero-order chi connectivity index (χ0) is 31.0. The molecule has 0 saturated carbocycles. The minimum absolute atomic E-state index is 0.0127. The number of nitrogens with zero attached hydrogens (tertiary/aromatic N) is 5. The Bertz CT molecular complexity index is 1530. The van der Waals surface area contributed by atoms with Crippen LogP contribution in [0.3, 0.4) is 0 Å². The Balaban J connectivity index is 1.58. The molecule has 1 aliphatic heterocycles. The van der Waals surface area contributed by atoms with Crippen molar-refractivity contribution in [2.24, 2.45) is 5.73 Å². The zero-order valence-corrected chi connectivity index (χ0v) is 23.9. The Morgan fingerprint density at radius 2 is 2.19 bits per heavy atom. The highest BCUT2D eigenvalue weighted by Crippen LogP contribution is 2.33. The van der Waals surface area contributed by atoms with E-state index in [9.17, 15) is 20.0 Å². The van der Waals surface area contributed by atoms with E-state index in [1.54, 1.807) is 43.6 Å². The van der Waals surface area contributed by atoms with Crippen LogP contribution >= 0.6 is 0 Å². The van der Waals surface area contributed by atoms with Gasteiger partial charge in [0.05, 0.1) is 37.3 Å². The van der Waals surface area contributed by atoms with Crippen molar-refractivity contribution in [1.29, 1.82) is 5.26 Å². The summed E-state index contributed by atoms with van der Waals surface area (Å²) in [6.45, 7) is 5.27. The Labute approximate surface area is 248 Å². The number of pyridine rings is 2. The number of alkyl halides is 1. The number of nitrogens with one attached hydrogen (secondary N) is 2. The number of nitriles is 1. The number of nitrogens with two attached hydrogens (primary N) is 1. The molecule has 2 atom stereocenters. The number of allylic oxidation sites excluding steroid dienone is 1. The molecule has 43 heavy (non-hydrogen) atoms. The average Bonchev–Trinajstić information content (AvgIpc) is 3.44. The van der Waals surface area contributed by atoms with Gasteiger partial charge >= 0.3 is 0 Å². The van der Waals surface area contributed by atoms with E-state index in [0.29, 0.717) is 54.0 Å². The normalized spacial score (nSPS) is 15.8. The van der Waals surface area contributed by atoms with Gasteiger partial charge in [0.15, 0.2) is 6.10 Å². The lowest BCUT2D eigenvalue weighted by Gasteiger charge is -2.44. The summed E-state index contributed by atoms with van der Waals surface area (Å²) in [5.74, 6) is -0.0175. The number of aromatic nitrogens is 3. The molecule has 3 aromatic rings. The van der Waals surface area contributed by atoms with Gasteiger partial charge in [-0.05, 0) is 50.5 Å². The van der Waals surface area contributed by atoms with Crippen molar-refractivity contribution in [2.75, 3.05) is 26.2 Å². The van der Waals surface area contributed by atoms with Gasteiger partial charge < -0.3 is 31.1 Å². The van der Waals surface area contributed by atoms with E-state index in [4.69, 9.17) is 10.5 Å². The van der Waals surface area contributed by atoms with E-state index >= 15 is 4.39 Å². The molecule has 4 rings (SSSR count). The summed E-state index contributed by atoms with van der Waals surface area (Å²) in [4.78, 5) is 28.3. The third kappa shape index (κ3) is 7.28. The summed E-state index contributed by atoms with van der Waals surface area (Å²) in [6.07, 6.45) is 6.80. The number of halogens is 1. The van der Waals surface area contributed by atoms with E-state index in [1.165, 1.54) is 21.7 Å². The summed E-state index contributed by atoms with van der Waals surface area (Å²) < 4.78 is 22.9. The summed E-state index contributed by atoms with van der Waals surface area (Å²) >= 11 is 0. The van der Waals surface area contributed by atoms with Crippen LogP contribution < -0.4 is 21.1 Å².